The van der Waals surface area contributed by atoms with Crippen molar-refractivity contribution in [2.75, 3.05) is 19.7 Å². The maximum Gasteiger partial charge on any atom is 0.326 e. The van der Waals surface area contributed by atoms with Crippen molar-refractivity contribution >= 4 is 113 Å². The summed E-state index contributed by atoms with van der Waals surface area (Å²) in [5.74, 6) is -25.7. The lowest BCUT2D eigenvalue weighted by Gasteiger charge is -2.29. The minimum atomic E-state index is -2.11. The highest BCUT2D eigenvalue weighted by Gasteiger charge is 2.39. The lowest BCUT2D eigenvalue weighted by Crippen LogP contribution is -2.62. The minimum Gasteiger partial charge on any atom is -0.481 e. The molecule has 42 nitrogen and oxygen atoms in total. The van der Waals surface area contributed by atoms with Crippen molar-refractivity contribution < 1.29 is 122 Å². The van der Waals surface area contributed by atoms with Crippen LogP contribution in [-0.4, -0.2) is 245 Å². The van der Waals surface area contributed by atoms with Crippen LogP contribution < -0.4 is 80.6 Å². The lowest BCUT2D eigenvalue weighted by molar-refractivity contribution is -0.144. The number of amides is 14. The average Bonchev–Trinajstić information content (AvgIpc) is 0.854. The Morgan fingerprint density at radius 1 is 0.420 bits per heavy atom. The number of nitrogens with one attached hydrogen (secondary N) is 14. The number of aliphatic hydroxyl groups excluding tert-OH is 1. The monoisotopic (exact) mass is 1580 g/mol. The number of carbonyl (C=O) groups is 19. The summed E-state index contributed by atoms with van der Waals surface area (Å²) < 4.78 is 0. The number of aliphatic carboxylic acids is 5. The van der Waals surface area contributed by atoms with Crippen LogP contribution in [0.25, 0.3) is 0 Å². The molecular weight excluding hydrogens is 1480 g/mol. The Kier molecular flexibility index (Phi) is 39.7. The second-order valence-corrected chi connectivity index (χ2v) is 27.0. The number of hydrogen-bond donors (Lipinski definition) is 22. The van der Waals surface area contributed by atoms with Crippen LogP contribution >= 0.6 is 0 Å². The molecule has 112 heavy (non-hydrogen) atoms. The minimum absolute atomic E-state index is 0.00308. The van der Waals surface area contributed by atoms with E-state index in [0.29, 0.717) is 11.1 Å². The molecule has 1 aromatic heterocycles. The third-order valence-electron chi connectivity index (χ3n) is 16.7. The normalized spacial score (nSPS) is 14.5. The average molecular weight is 1580 g/mol. The molecule has 0 aliphatic heterocycles. The highest BCUT2D eigenvalue weighted by molar-refractivity contribution is 6.01. The van der Waals surface area contributed by atoms with Crippen molar-refractivity contribution in [3.63, 3.8) is 0 Å². The highest BCUT2D eigenvalue weighted by atomic mass is 16.4. The second kappa shape index (κ2) is 47.4. The summed E-state index contributed by atoms with van der Waals surface area (Å²) in [6.45, 7) is 6.45. The van der Waals surface area contributed by atoms with Gasteiger partial charge in [0.15, 0.2) is 0 Å². The van der Waals surface area contributed by atoms with Crippen molar-refractivity contribution in [2.45, 2.75) is 191 Å². The van der Waals surface area contributed by atoms with Gasteiger partial charge < -0.3 is 116 Å². The molecule has 0 aliphatic carbocycles. The Labute approximate surface area is 641 Å². The van der Waals surface area contributed by atoms with E-state index in [9.17, 15) is 122 Å². The number of primary amides is 1. The number of carbonyl (C=O) groups excluding carboxylic acids is 14. The number of aromatic amines is 1. The third kappa shape index (κ3) is 34.8. The fourth-order valence-electron chi connectivity index (χ4n) is 10.7. The van der Waals surface area contributed by atoms with Gasteiger partial charge in [-0.05, 0) is 54.6 Å². The molecule has 14 amide bonds. The summed E-state index contributed by atoms with van der Waals surface area (Å²) in [4.78, 5) is 257. The SMILES string of the molecule is CC[C@H](C)[C@H](NC(=O)[C@H](CC(=O)O)NC(=O)[C@H](CC(N)=O)NC(=O)[C@@H](N)Cc1ccccc1)C(=O)N[C@@H](Cc1ccccc1)C(=O)N[C@@H](Cc1cnc[nH]1)C(=O)N[C@@H](CO)C(=O)NCC(=O)N[C@@H](CCC(=O)O)C(=O)NCC(=O)N[C@@H](CC(=O)O)C(=O)N[C@@H](CC(=O)O)C(=O)N[C@@H](CC(C)C)C(=O)N[C@@H](CC(C)C)C(=O)O. The van der Waals surface area contributed by atoms with Gasteiger partial charge in [0.2, 0.25) is 82.7 Å². The summed E-state index contributed by atoms with van der Waals surface area (Å²) in [6, 6.07) is -4.22. The number of aliphatic hydroxyl groups is 1. The molecule has 614 valence electrons. The molecule has 0 saturated carbocycles. The van der Waals surface area contributed by atoms with Gasteiger partial charge in [0, 0.05) is 31.2 Å². The zero-order chi connectivity index (χ0) is 84.1. The van der Waals surface area contributed by atoms with E-state index in [2.05, 4.69) is 68.5 Å². The number of nitrogens with zero attached hydrogens (tertiary/aromatic N) is 1. The van der Waals surface area contributed by atoms with E-state index >= 15 is 0 Å². The number of nitrogens with two attached hydrogens (primary N) is 2. The van der Waals surface area contributed by atoms with E-state index in [1.54, 1.807) is 95.3 Å². The van der Waals surface area contributed by atoms with Crippen LogP contribution in [0.4, 0.5) is 0 Å². The predicted molar refractivity (Wildman–Crippen MR) is 388 cm³/mol. The number of carboxylic acid groups (broad SMARTS) is 5. The molecule has 0 fully saturated rings. The van der Waals surface area contributed by atoms with Crippen LogP contribution in [0.3, 0.4) is 0 Å². The first-order chi connectivity index (χ1) is 52.7. The van der Waals surface area contributed by atoms with Gasteiger partial charge in [0.25, 0.3) is 0 Å². The van der Waals surface area contributed by atoms with Crippen molar-refractivity contribution in [3.05, 3.63) is 90.0 Å². The molecule has 0 aliphatic rings. The van der Waals surface area contributed by atoms with Crippen molar-refractivity contribution in [2.24, 2.45) is 29.2 Å². The van der Waals surface area contributed by atoms with E-state index in [1.807, 2.05) is 10.6 Å². The Morgan fingerprint density at radius 3 is 1.25 bits per heavy atom. The smallest absolute Gasteiger partial charge is 0.326 e. The van der Waals surface area contributed by atoms with E-state index in [1.165, 1.54) is 19.4 Å². The molecule has 0 radical (unpaired) electrons. The van der Waals surface area contributed by atoms with Crippen molar-refractivity contribution in [1.82, 2.24) is 79.1 Å². The molecule has 2 aromatic carbocycles. The number of H-pyrrole nitrogens is 1. The summed E-state index contributed by atoms with van der Waals surface area (Å²) in [5.41, 5.74) is 12.8. The molecule has 0 unspecified atom stereocenters. The van der Waals surface area contributed by atoms with Crippen LogP contribution in [0.5, 0.6) is 0 Å². The van der Waals surface area contributed by atoms with Crippen molar-refractivity contribution in [3.8, 4) is 0 Å². The first kappa shape index (κ1) is 93.7. The van der Waals surface area contributed by atoms with Gasteiger partial charge in [-0.3, -0.25) is 86.3 Å². The number of aromatic nitrogens is 2. The van der Waals surface area contributed by atoms with Gasteiger partial charge in [-0.1, -0.05) is 109 Å². The molecule has 42 heteroatoms. The van der Waals surface area contributed by atoms with Gasteiger partial charge >= 0.3 is 29.8 Å². The first-order valence-corrected chi connectivity index (χ1v) is 35.4. The number of carboxylic acids is 5. The van der Waals surface area contributed by atoms with Gasteiger partial charge in [-0.25, -0.2) is 9.78 Å². The van der Waals surface area contributed by atoms with Gasteiger partial charge in [-0.2, -0.15) is 0 Å². The zero-order valence-corrected chi connectivity index (χ0v) is 62.2. The third-order valence-corrected chi connectivity index (χ3v) is 16.7. The Hall–Kier alpha value is -12.5. The molecule has 1 heterocycles. The Balaban J connectivity index is 1.80. The van der Waals surface area contributed by atoms with E-state index in [0.717, 1.165) is 0 Å². The van der Waals surface area contributed by atoms with Gasteiger partial charge in [0.05, 0.1) is 57.7 Å². The topological polar surface area (TPSA) is 683 Å². The summed E-state index contributed by atoms with van der Waals surface area (Å²) >= 11 is 0. The molecule has 3 aromatic rings. The summed E-state index contributed by atoms with van der Waals surface area (Å²) in [5, 5.41) is 87.9. The fourth-order valence-corrected chi connectivity index (χ4v) is 10.7. The summed E-state index contributed by atoms with van der Waals surface area (Å²) in [6.07, 6.45) is -4.01. The first-order valence-electron chi connectivity index (χ1n) is 35.4. The number of benzene rings is 2. The largest absolute Gasteiger partial charge is 0.481 e. The maximum absolute atomic E-state index is 14.6. The molecule has 0 spiro atoms. The van der Waals surface area contributed by atoms with E-state index in [4.69, 9.17) is 11.5 Å². The van der Waals surface area contributed by atoms with Crippen LogP contribution in [0.2, 0.25) is 0 Å². The standard InChI is InChI=1S/C70H99N17O25/c1-7-36(6)58(87-68(109)48(28-57(98)99)83-65(106)45(25-51(72)89)79-59(100)40(71)22-37-14-10-8-11-15-37)69(110)84-43(23-38-16-12-9-13-17-38)63(104)81-44(24-39-29-73-33-76-39)64(105)86-50(32-88)61(102)75-30-52(90)77-41(18-19-54(92)93)60(101)74-31-53(91)78-46(26-55(94)95)66(107)82-47(27-56(96)97)67(108)80-42(20-34(2)3)62(103)85-49(70(111)112)21-35(4)5/h8-17,29,33-36,40-50,58,88H,7,18-28,30-32,71H2,1-6H3,(H2,72,89)(H,73,76)(H,74,101)(H,75,102)(H,77,90)(H,78,91)(H,79,100)(H,80,108)(H,81,104)(H,82,107)(H,83,106)(H,84,110)(H,85,103)(H,86,105)(H,87,109)(H,92,93)(H,94,95)(H,96,97)(H,98,99)(H,111,112)/t36-,40-,41-,42-,43-,44-,45-,46-,47-,48-,49-,50-,58-/m0/s1. The fraction of sp³-hybridized carbons (Fsp3) is 0.514. The van der Waals surface area contributed by atoms with Crippen LogP contribution in [-0.2, 0) is 110 Å². The molecule has 13 atom stereocenters. The summed E-state index contributed by atoms with van der Waals surface area (Å²) in [7, 11) is 0. The van der Waals surface area contributed by atoms with Gasteiger partial charge in [0.1, 0.15) is 66.5 Å². The molecule has 0 bridgehead atoms. The number of imidazole rings is 1. The van der Waals surface area contributed by atoms with Crippen LogP contribution in [0.15, 0.2) is 73.2 Å². The van der Waals surface area contributed by atoms with Gasteiger partial charge in [-0.15, -0.1) is 0 Å². The van der Waals surface area contributed by atoms with Crippen molar-refractivity contribution in [1.29, 1.82) is 0 Å². The number of rotatable bonds is 51. The highest BCUT2D eigenvalue weighted by Crippen LogP contribution is 2.15. The quantitative estimate of drug-likeness (QED) is 0.0250. The maximum atomic E-state index is 14.6. The Morgan fingerprint density at radius 2 is 0.804 bits per heavy atom. The second-order valence-electron chi connectivity index (χ2n) is 27.0. The zero-order valence-electron chi connectivity index (χ0n) is 62.2. The molecule has 3 rings (SSSR count). The number of hydrogen-bond acceptors (Lipinski definition) is 22. The van der Waals surface area contributed by atoms with Crippen LogP contribution in [0.1, 0.15) is 116 Å². The van der Waals surface area contributed by atoms with E-state index in [-0.39, 0.29) is 49.6 Å². The van der Waals surface area contributed by atoms with E-state index < -0.39 is 256 Å². The predicted octanol–water partition coefficient (Wildman–Crippen LogP) is -6.29. The molecule has 24 N–H and O–H groups in total. The Bertz CT molecular complexity index is 3790. The molecular formula is C70H99N17O25. The lowest BCUT2D eigenvalue weighted by atomic mass is 9.96. The van der Waals surface area contributed by atoms with Crippen LogP contribution in [0, 0.1) is 17.8 Å². The molecule has 0 saturated heterocycles.